The van der Waals surface area contributed by atoms with Crippen LogP contribution in [-0.2, 0) is 16.0 Å². The molecule has 0 aromatic heterocycles. The fraction of sp³-hybridized carbons (Fsp3) is 0.364. The molecule has 0 saturated heterocycles. The number of hydrogen-bond acceptors (Lipinski definition) is 3. The number of para-hydroxylation sites is 1. The lowest BCUT2D eigenvalue weighted by molar-refractivity contribution is -0.141. The van der Waals surface area contributed by atoms with E-state index in [0.29, 0.717) is 23.7 Å². The van der Waals surface area contributed by atoms with Crippen molar-refractivity contribution in [2.75, 3.05) is 13.2 Å². The molecular weight excluding hydrogens is 376 g/mol. The van der Waals surface area contributed by atoms with E-state index in [4.69, 9.17) is 16.3 Å². The van der Waals surface area contributed by atoms with Crippen LogP contribution in [0.2, 0.25) is 5.02 Å². The van der Waals surface area contributed by atoms with Crippen molar-refractivity contribution in [3.05, 3.63) is 65.2 Å². The molecule has 28 heavy (non-hydrogen) atoms. The maximum atomic E-state index is 12.9. The van der Waals surface area contributed by atoms with Gasteiger partial charge in [0.1, 0.15) is 11.8 Å². The van der Waals surface area contributed by atoms with E-state index >= 15 is 0 Å². The third kappa shape index (κ3) is 6.57. The van der Waals surface area contributed by atoms with E-state index in [-0.39, 0.29) is 24.5 Å². The molecule has 0 spiro atoms. The Morgan fingerprint density at radius 1 is 1.04 bits per heavy atom. The van der Waals surface area contributed by atoms with Crippen LogP contribution < -0.4 is 10.1 Å². The number of amides is 2. The first-order valence-electron chi connectivity index (χ1n) is 9.39. The summed E-state index contributed by atoms with van der Waals surface area (Å²) in [6.45, 7) is 5.75. The average molecular weight is 403 g/mol. The second-order valence-corrected chi connectivity index (χ2v) is 7.29. The largest absolute Gasteiger partial charge is 0.482 e. The minimum absolute atomic E-state index is 0.000371. The zero-order valence-electron chi connectivity index (χ0n) is 16.5. The summed E-state index contributed by atoms with van der Waals surface area (Å²) in [4.78, 5) is 26.9. The van der Waals surface area contributed by atoms with Crippen LogP contribution in [0.5, 0.6) is 5.75 Å². The van der Waals surface area contributed by atoms with Crippen molar-refractivity contribution < 1.29 is 14.3 Å². The number of ether oxygens (including phenoxy) is 1. The standard InChI is InChI=1S/C22H27ClN2O3/c1-16(2)24-22(27)17(3)25(14-13-18-9-5-4-6-10-18)21(26)15-28-20-12-8-7-11-19(20)23/h4-12,16-17H,13-15H2,1-3H3,(H,24,27). The molecular formula is C22H27ClN2O3. The molecule has 0 aliphatic heterocycles. The lowest BCUT2D eigenvalue weighted by atomic mass is 10.1. The molecule has 0 bridgehead atoms. The summed E-state index contributed by atoms with van der Waals surface area (Å²) in [5.41, 5.74) is 1.10. The Morgan fingerprint density at radius 3 is 2.32 bits per heavy atom. The topological polar surface area (TPSA) is 58.6 Å². The molecule has 0 heterocycles. The first-order valence-corrected chi connectivity index (χ1v) is 9.77. The predicted molar refractivity (Wildman–Crippen MR) is 112 cm³/mol. The van der Waals surface area contributed by atoms with Crippen molar-refractivity contribution in [3.8, 4) is 5.75 Å². The summed E-state index contributed by atoms with van der Waals surface area (Å²) in [6.07, 6.45) is 0.651. The minimum Gasteiger partial charge on any atom is -0.482 e. The first kappa shape index (κ1) is 21.8. The number of hydrogen-bond donors (Lipinski definition) is 1. The van der Waals surface area contributed by atoms with Crippen LogP contribution in [0.4, 0.5) is 0 Å². The lowest BCUT2D eigenvalue weighted by Crippen LogP contribution is -2.51. The van der Waals surface area contributed by atoms with Crippen molar-refractivity contribution in [1.29, 1.82) is 0 Å². The fourth-order valence-electron chi connectivity index (χ4n) is 2.76. The molecule has 2 aromatic carbocycles. The van der Waals surface area contributed by atoms with Gasteiger partial charge in [0.05, 0.1) is 5.02 Å². The van der Waals surface area contributed by atoms with Crippen molar-refractivity contribution in [2.45, 2.75) is 39.3 Å². The second kappa shape index (κ2) is 10.7. The summed E-state index contributed by atoms with van der Waals surface area (Å²) in [7, 11) is 0. The second-order valence-electron chi connectivity index (χ2n) is 6.88. The average Bonchev–Trinajstić information content (AvgIpc) is 2.67. The SMILES string of the molecule is CC(C)NC(=O)C(C)N(CCc1ccccc1)C(=O)COc1ccccc1Cl. The van der Waals surface area contributed by atoms with Crippen LogP contribution in [-0.4, -0.2) is 41.9 Å². The van der Waals surface area contributed by atoms with E-state index in [1.165, 1.54) is 0 Å². The van der Waals surface area contributed by atoms with Gasteiger partial charge in [-0.3, -0.25) is 9.59 Å². The highest BCUT2D eigenvalue weighted by atomic mass is 35.5. The summed E-state index contributed by atoms with van der Waals surface area (Å²) in [5.74, 6) is -0.00350. The first-order chi connectivity index (χ1) is 13.4. The normalized spacial score (nSPS) is 11.8. The number of carbonyl (C=O) groups excluding carboxylic acids is 2. The van der Waals surface area contributed by atoms with E-state index in [2.05, 4.69) is 5.32 Å². The van der Waals surface area contributed by atoms with E-state index in [0.717, 1.165) is 5.56 Å². The molecule has 1 atom stereocenters. The molecule has 1 unspecified atom stereocenters. The highest BCUT2D eigenvalue weighted by Gasteiger charge is 2.26. The number of halogens is 1. The van der Waals surface area contributed by atoms with E-state index in [1.54, 1.807) is 36.1 Å². The Kier molecular flexibility index (Phi) is 8.33. The predicted octanol–water partition coefficient (Wildman–Crippen LogP) is 3.70. The van der Waals surface area contributed by atoms with E-state index in [9.17, 15) is 9.59 Å². The van der Waals surface area contributed by atoms with Gasteiger partial charge in [0.25, 0.3) is 5.91 Å². The molecule has 2 rings (SSSR count). The van der Waals surface area contributed by atoms with Crippen LogP contribution in [0, 0.1) is 0 Å². The molecule has 0 aliphatic rings. The molecule has 5 nitrogen and oxygen atoms in total. The van der Waals surface area contributed by atoms with Gasteiger partial charge in [0.15, 0.2) is 6.61 Å². The zero-order valence-corrected chi connectivity index (χ0v) is 17.3. The Hall–Kier alpha value is -2.53. The summed E-state index contributed by atoms with van der Waals surface area (Å²) < 4.78 is 5.59. The van der Waals surface area contributed by atoms with Crippen molar-refractivity contribution >= 4 is 23.4 Å². The molecule has 0 radical (unpaired) electrons. The van der Waals surface area contributed by atoms with Crippen molar-refractivity contribution in [3.63, 3.8) is 0 Å². The van der Waals surface area contributed by atoms with Crippen LogP contribution in [0.25, 0.3) is 0 Å². The minimum atomic E-state index is -0.603. The maximum Gasteiger partial charge on any atom is 0.261 e. The van der Waals surface area contributed by atoms with Crippen LogP contribution in [0.1, 0.15) is 26.3 Å². The van der Waals surface area contributed by atoms with Gasteiger partial charge in [0, 0.05) is 12.6 Å². The Labute approximate surface area is 171 Å². The highest BCUT2D eigenvalue weighted by Crippen LogP contribution is 2.23. The summed E-state index contributed by atoms with van der Waals surface area (Å²) in [6, 6.07) is 16.2. The molecule has 0 fully saturated rings. The monoisotopic (exact) mass is 402 g/mol. The van der Waals surface area contributed by atoms with Crippen molar-refractivity contribution in [1.82, 2.24) is 10.2 Å². The molecule has 1 N–H and O–H groups in total. The molecule has 6 heteroatoms. The van der Waals surface area contributed by atoms with Crippen molar-refractivity contribution in [2.24, 2.45) is 0 Å². The summed E-state index contributed by atoms with van der Waals surface area (Å²) in [5, 5.41) is 3.31. The van der Waals surface area contributed by atoms with E-state index in [1.807, 2.05) is 44.2 Å². The number of nitrogens with one attached hydrogen (secondary N) is 1. The van der Waals surface area contributed by atoms with E-state index < -0.39 is 6.04 Å². The van der Waals surface area contributed by atoms with Crippen LogP contribution >= 0.6 is 11.6 Å². The molecule has 150 valence electrons. The number of rotatable bonds is 9. The quantitative estimate of drug-likeness (QED) is 0.695. The van der Waals surface area contributed by atoms with Gasteiger partial charge in [0.2, 0.25) is 5.91 Å². The molecule has 2 aromatic rings. The Morgan fingerprint density at radius 2 is 1.68 bits per heavy atom. The fourth-order valence-corrected chi connectivity index (χ4v) is 2.95. The van der Waals surface area contributed by atoms with Gasteiger partial charge < -0.3 is 15.0 Å². The third-order valence-corrected chi connectivity index (χ3v) is 4.58. The Balaban J connectivity index is 2.07. The zero-order chi connectivity index (χ0) is 20.5. The number of carbonyl (C=O) groups is 2. The van der Waals surface area contributed by atoms with Gasteiger partial charge in [-0.25, -0.2) is 0 Å². The number of nitrogens with zero attached hydrogens (tertiary/aromatic N) is 1. The van der Waals surface area contributed by atoms with Crippen LogP contribution in [0.3, 0.4) is 0 Å². The smallest absolute Gasteiger partial charge is 0.261 e. The molecule has 2 amide bonds. The number of benzene rings is 2. The molecule has 0 aliphatic carbocycles. The summed E-state index contributed by atoms with van der Waals surface area (Å²) >= 11 is 6.08. The molecule has 0 saturated carbocycles. The van der Waals surface area contributed by atoms with Gasteiger partial charge in [-0.05, 0) is 44.9 Å². The van der Waals surface area contributed by atoms with Crippen LogP contribution in [0.15, 0.2) is 54.6 Å². The van der Waals surface area contributed by atoms with Gasteiger partial charge in [-0.1, -0.05) is 54.1 Å². The van der Waals surface area contributed by atoms with Gasteiger partial charge in [-0.2, -0.15) is 0 Å². The lowest BCUT2D eigenvalue weighted by Gasteiger charge is -2.29. The van der Waals surface area contributed by atoms with Gasteiger partial charge in [-0.15, -0.1) is 0 Å². The maximum absolute atomic E-state index is 12.9. The highest BCUT2D eigenvalue weighted by molar-refractivity contribution is 6.32. The Bertz CT molecular complexity index is 780. The van der Waals surface area contributed by atoms with Gasteiger partial charge >= 0.3 is 0 Å². The third-order valence-electron chi connectivity index (χ3n) is 4.27.